The Kier molecular flexibility index (Phi) is 7.82. The third-order valence-electron chi connectivity index (χ3n) is 3.80. The van der Waals surface area contributed by atoms with Crippen LogP contribution in [0.4, 0.5) is 4.39 Å². The molecule has 1 saturated heterocycles. The highest BCUT2D eigenvalue weighted by Crippen LogP contribution is 2.19. The number of halogens is 2. The predicted octanol–water partition coefficient (Wildman–Crippen LogP) is 3.27. The molecule has 0 aliphatic carbocycles. The molecule has 0 amide bonds. The molecular weight excluding hydrogens is 364 g/mol. The number of aromatic carboxylic acids is 1. The second-order valence-corrected chi connectivity index (χ2v) is 7.66. The van der Waals surface area contributed by atoms with Crippen LogP contribution in [-0.2, 0) is 6.54 Å². The van der Waals surface area contributed by atoms with Gasteiger partial charge in [0, 0.05) is 18.8 Å². The zero-order valence-electron chi connectivity index (χ0n) is 14.0. The normalized spacial score (nSPS) is 18.3. The van der Waals surface area contributed by atoms with Crippen LogP contribution in [-0.4, -0.2) is 46.3 Å². The maximum absolute atomic E-state index is 12.2. The zero-order valence-corrected chi connectivity index (χ0v) is 15.8. The lowest BCUT2D eigenvalue weighted by Crippen LogP contribution is -2.26. The van der Waals surface area contributed by atoms with Crippen LogP contribution >= 0.6 is 20.2 Å². The van der Waals surface area contributed by atoms with E-state index in [4.69, 9.17) is 16.7 Å². The Labute approximate surface area is 153 Å². The molecule has 0 saturated carbocycles. The van der Waals surface area contributed by atoms with Crippen LogP contribution in [0.5, 0.6) is 0 Å². The fourth-order valence-electron chi connectivity index (χ4n) is 2.47. The van der Waals surface area contributed by atoms with Crippen LogP contribution in [0, 0.1) is 18.7 Å². The molecular formula is C17H22ClFN3O2P. The Balaban J connectivity index is 0.000000236. The first-order valence-corrected chi connectivity index (χ1v) is 9.85. The molecule has 136 valence electrons. The smallest absolute Gasteiger partial charge is 0.356 e. The van der Waals surface area contributed by atoms with Crippen molar-refractivity contribution < 1.29 is 14.3 Å². The van der Waals surface area contributed by atoms with Gasteiger partial charge in [-0.1, -0.05) is 23.7 Å². The van der Waals surface area contributed by atoms with E-state index in [1.807, 2.05) is 11.6 Å². The lowest BCUT2D eigenvalue weighted by atomic mass is 10.2. The topological polar surface area (TPSA) is 67.1 Å². The van der Waals surface area contributed by atoms with E-state index in [9.17, 15) is 9.18 Å². The second-order valence-electron chi connectivity index (χ2n) is 5.85. The summed E-state index contributed by atoms with van der Waals surface area (Å²) >= 11 is 5.33. The molecule has 8 heteroatoms. The average molecular weight is 386 g/mol. The van der Waals surface area contributed by atoms with Crippen LogP contribution in [0.25, 0.3) is 0 Å². The quantitative estimate of drug-likeness (QED) is 0.796. The number of rotatable bonds is 3. The summed E-state index contributed by atoms with van der Waals surface area (Å²) in [6.45, 7) is 4.84. The minimum atomic E-state index is -0.951. The molecule has 1 aromatic heterocycles. The van der Waals surface area contributed by atoms with Crippen molar-refractivity contribution in [3.8, 4) is 0 Å². The number of nitrogens with one attached hydrogen (secondary N) is 1. The summed E-state index contributed by atoms with van der Waals surface area (Å²) in [4.78, 5) is 10.8. The highest BCUT2D eigenvalue weighted by Gasteiger charge is 2.16. The summed E-state index contributed by atoms with van der Waals surface area (Å²) in [6, 6.07) is 7.75. The summed E-state index contributed by atoms with van der Waals surface area (Å²) in [6.07, 6.45) is 2.48. The first-order chi connectivity index (χ1) is 12.0. The van der Waals surface area contributed by atoms with Gasteiger partial charge in [0.15, 0.2) is 5.69 Å². The van der Waals surface area contributed by atoms with E-state index in [0.717, 1.165) is 33.9 Å². The maximum atomic E-state index is 12.2. The number of aryl methyl sites for hydroxylation is 1. The van der Waals surface area contributed by atoms with Crippen LogP contribution in [0.1, 0.15) is 16.2 Å². The summed E-state index contributed by atoms with van der Waals surface area (Å²) in [5.41, 5.74) is 1.07. The molecule has 1 fully saturated rings. The van der Waals surface area contributed by atoms with Crippen molar-refractivity contribution in [2.75, 3.05) is 25.4 Å². The van der Waals surface area contributed by atoms with Gasteiger partial charge in [-0.25, -0.2) is 9.18 Å². The number of carbonyl (C=O) groups is 1. The highest BCUT2D eigenvalue weighted by atomic mass is 35.5. The maximum Gasteiger partial charge on any atom is 0.356 e. The van der Waals surface area contributed by atoms with Gasteiger partial charge in [-0.2, -0.15) is 5.10 Å². The Morgan fingerprint density at radius 1 is 1.52 bits per heavy atom. The van der Waals surface area contributed by atoms with Gasteiger partial charge in [0.2, 0.25) is 0 Å². The monoisotopic (exact) mass is 385 g/mol. The van der Waals surface area contributed by atoms with Crippen molar-refractivity contribution in [2.24, 2.45) is 5.92 Å². The molecule has 0 bridgehead atoms. The van der Waals surface area contributed by atoms with Crippen molar-refractivity contribution in [1.29, 1.82) is 0 Å². The standard InChI is InChI=1S/C11H18N3O2P.C6H4ClF/c1-8-4-10(11(15)16)13-14(8)6-9-5-12-2-3-17-7-9;7-5-3-1-2-4-6(5)8/h4,9,12,17H,2-3,5-7H2,1H3,(H,15,16);1-4H. The van der Waals surface area contributed by atoms with Gasteiger partial charge >= 0.3 is 5.97 Å². The second kappa shape index (κ2) is 9.85. The molecule has 2 aromatic rings. The van der Waals surface area contributed by atoms with Crippen LogP contribution in [0.3, 0.4) is 0 Å². The van der Waals surface area contributed by atoms with E-state index in [1.54, 1.807) is 18.2 Å². The van der Waals surface area contributed by atoms with Crippen molar-refractivity contribution in [3.63, 3.8) is 0 Å². The van der Waals surface area contributed by atoms with Crippen molar-refractivity contribution >= 4 is 26.2 Å². The molecule has 3 rings (SSSR count). The molecule has 0 spiro atoms. The summed E-state index contributed by atoms with van der Waals surface area (Å²) in [5.74, 6) is -0.752. The fourth-order valence-corrected chi connectivity index (χ4v) is 3.85. The van der Waals surface area contributed by atoms with E-state index in [-0.39, 0.29) is 16.5 Å². The first kappa shape index (κ1) is 19.8. The van der Waals surface area contributed by atoms with Crippen LogP contribution in [0.2, 0.25) is 5.02 Å². The molecule has 2 N–H and O–H groups in total. The largest absolute Gasteiger partial charge is 0.476 e. The van der Waals surface area contributed by atoms with Gasteiger partial charge in [-0.05, 0) is 49.9 Å². The third-order valence-corrected chi connectivity index (χ3v) is 5.58. The van der Waals surface area contributed by atoms with Gasteiger partial charge in [0.05, 0.1) is 5.02 Å². The number of carboxylic acid groups (broad SMARTS) is 1. The molecule has 1 aliphatic rings. The van der Waals surface area contributed by atoms with Crippen molar-refractivity contribution in [2.45, 2.75) is 13.5 Å². The lowest BCUT2D eigenvalue weighted by molar-refractivity contribution is 0.0689. The number of benzene rings is 1. The van der Waals surface area contributed by atoms with Crippen LogP contribution < -0.4 is 5.32 Å². The summed E-state index contributed by atoms with van der Waals surface area (Å²) in [7, 11) is 1.01. The molecule has 25 heavy (non-hydrogen) atoms. The number of aromatic nitrogens is 2. The van der Waals surface area contributed by atoms with E-state index >= 15 is 0 Å². The van der Waals surface area contributed by atoms with Crippen LogP contribution in [0.15, 0.2) is 30.3 Å². The molecule has 5 nitrogen and oxygen atoms in total. The van der Waals surface area contributed by atoms with E-state index in [2.05, 4.69) is 10.4 Å². The number of carboxylic acids is 1. The zero-order chi connectivity index (χ0) is 18.2. The number of nitrogens with zero attached hydrogens (tertiary/aromatic N) is 2. The summed E-state index contributed by atoms with van der Waals surface area (Å²) < 4.78 is 14.0. The Morgan fingerprint density at radius 2 is 2.28 bits per heavy atom. The van der Waals surface area contributed by atoms with E-state index in [1.165, 1.54) is 24.5 Å². The minimum absolute atomic E-state index is 0.145. The first-order valence-electron chi connectivity index (χ1n) is 8.06. The lowest BCUT2D eigenvalue weighted by Gasteiger charge is -2.15. The Hall–Kier alpha value is -1.49. The molecule has 0 radical (unpaired) electrons. The van der Waals surface area contributed by atoms with Crippen molar-refractivity contribution in [1.82, 2.24) is 15.1 Å². The highest BCUT2D eigenvalue weighted by molar-refractivity contribution is 7.38. The number of hydrogen-bond donors (Lipinski definition) is 2. The van der Waals surface area contributed by atoms with E-state index < -0.39 is 5.97 Å². The molecule has 1 aliphatic heterocycles. The Bertz CT molecular complexity index is 682. The molecule has 1 aromatic carbocycles. The van der Waals surface area contributed by atoms with Gasteiger partial charge in [-0.3, -0.25) is 4.68 Å². The molecule has 2 heterocycles. The molecule has 2 atom stereocenters. The SMILES string of the molecule is Cc1cc(C(=O)O)nn1CC1CNCCPC1.Fc1ccccc1Cl. The van der Waals surface area contributed by atoms with Crippen molar-refractivity contribution in [3.05, 3.63) is 52.6 Å². The molecule has 2 unspecified atom stereocenters. The fraction of sp³-hybridized carbons (Fsp3) is 0.412. The van der Waals surface area contributed by atoms with Gasteiger partial charge in [0.1, 0.15) is 5.82 Å². The van der Waals surface area contributed by atoms with E-state index in [0.29, 0.717) is 5.92 Å². The Morgan fingerprint density at radius 3 is 2.88 bits per heavy atom. The average Bonchev–Trinajstić information content (AvgIpc) is 2.78. The summed E-state index contributed by atoms with van der Waals surface area (Å²) in [5, 5.41) is 16.6. The minimum Gasteiger partial charge on any atom is -0.476 e. The predicted molar refractivity (Wildman–Crippen MR) is 99.7 cm³/mol. The van der Waals surface area contributed by atoms with Gasteiger partial charge < -0.3 is 10.4 Å². The third kappa shape index (κ3) is 6.38. The number of hydrogen-bond acceptors (Lipinski definition) is 3. The van der Waals surface area contributed by atoms with Gasteiger partial charge in [-0.15, -0.1) is 8.58 Å². The van der Waals surface area contributed by atoms with Gasteiger partial charge in [0.25, 0.3) is 0 Å².